The molecule has 0 bridgehead atoms. The van der Waals surface area contributed by atoms with E-state index >= 15 is 0 Å². The molecule has 0 saturated heterocycles. The van der Waals surface area contributed by atoms with Crippen LogP contribution in [-0.2, 0) is 0 Å². The lowest BCUT2D eigenvalue weighted by molar-refractivity contribution is 0.516. The molecule has 1 aliphatic heterocycles. The first-order valence-electron chi connectivity index (χ1n) is 6.08. The van der Waals surface area contributed by atoms with Crippen molar-refractivity contribution in [1.82, 2.24) is 5.32 Å². The number of hydrogen-bond donors (Lipinski definition) is 1. The molecule has 17 heavy (non-hydrogen) atoms. The Bertz CT molecular complexity index is 403. The molecule has 2 rings (SSSR count). The van der Waals surface area contributed by atoms with E-state index in [1.165, 1.54) is 22.6 Å². The number of halogens is 1. The van der Waals surface area contributed by atoms with E-state index in [0.717, 1.165) is 18.0 Å². The minimum Gasteiger partial charge on any atom is -0.310 e. The van der Waals surface area contributed by atoms with Gasteiger partial charge in [0, 0.05) is 16.0 Å². The molecule has 1 aromatic carbocycles. The van der Waals surface area contributed by atoms with Crippen LogP contribution in [0.5, 0.6) is 0 Å². The normalized spacial score (nSPS) is 19.5. The van der Waals surface area contributed by atoms with Gasteiger partial charge in [-0.25, -0.2) is 0 Å². The number of rotatable bonds is 4. The summed E-state index contributed by atoms with van der Waals surface area (Å²) < 4.78 is 0. The molecule has 0 radical (unpaired) electrons. The number of allylic oxidation sites excluding steroid dienone is 1. The maximum atomic E-state index is 6.08. The first-order chi connectivity index (χ1) is 8.31. The molecule has 1 aliphatic rings. The molecule has 1 heterocycles. The van der Waals surface area contributed by atoms with Crippen molar-refractivity contribution in [2.24, 2.45) is 0 Å². The highest BCUT2D eigenvalue weighted by atomic mass is 35.5. The number of benzene rings is 1. The van der Waals surface area contributed by atoms with Crippen molar-refractivity contribution in [2.45, 2.75) is 30.7 Å². The summed E-state index contributed by atoms with van der Waals surface area (Å²) >= 11 is 8.01. The molecule has 1 aromatic rings. The average Bonchev–Trinajstić information content (AvgIpc) is 2.35. The SMILES string of the molecule is C/C=C/CCNC1CCSc2ccc(Cl)cc21. The van der Waals surface area contributed by atoms with Crippen LogP contribution in [0.2, 0.25) is 5.02 Å². The van der Waals surface area contributed by atoms with Crippen LogP contribution in [0.4, 0.5) is 0 Å². The fourth-order valence-corrected chi connectivity index (χ4v) is 3.37. The maximum absolute atomic E-state index is 6.08. The minimum absolute atomic E-state index is 0.468. The summed E-state index contributed by atoms with van der Waals surface area (Å²) in [6, 6.07) is 6.70. The fourth-order valence-electron chi connectivity index (χ4n) is 2.08. The van der Waals surface area contributed by atoms with Crippen molar-refractivity contribution in [2.75, 3.05) is 12.3 Å². The fraction of sp³-hybridized carbons (Fsp3) is 0.429. The number of hydrogen-bond acceptors (Lipinski definition) is 2. The summed E-state index contributed by atoms with van der Waals surface area (Å²) in [6.45, 7) is 3.10. The van der Waals surface area contributed by atoms with Gasteiger partial charge in [-0.2, -0.15) is 0 Å². The molecule has 3 heteroatoms. The van der Waals surface area contributed by atoms with Gasteiger partial charge in [0.2, 0.25) is 0 Å². The summed E-state index contributed by atoms with van der Waals surface area (Å²) in [5, 5.41) is 4.46. The molecule has 0 spiro atoms. The van der Waals surface area contributed by atoms with Gasteiger partial charge in [0.05, 0.1) is 0 Å². The molecule has 0 saturated carbocycles. The van der Waals surface area contributed by atoms with Crippen LogP contribution in [0.3, 0.4) is 0 Å². The van der Waals surface area contributed by atoms with Gasteiger partial charge in [0.1, 0.15) is 0 Å². The van der Waals surface area contributed by atoms with Crippen LogP contribution in [0.25, 0.3) is 0 Å². The second kappa shape index (κ2) is 6.48. The largest absolute Gasteiger partial charge is 0.310 e. The van der Waals surface area contributed by atoms with Gasteiger partial charge < -0.3 is 5.32 Å². The predicted molar refractivity (Wildman–Crippen MR) is 77.0 cm³/mol. The Balaban J connectivity index is 2.03. The Hall–Kier alpha value is -0.440. The molecule has 92 valence electrons. The van der Waals surface area contributed by atoms with E-state index in [2.05, 4.69) is 36.5 Å². The Labute approximate surface area is 113 Å². The van der Waals surface area contributed by atoms with E-state index in [1.54, 1.807) is 0 Å². The van der Waals surface area contributed by atoms with Gasteiger partial charge in [0.25, 0.3) is 0 Å². The van der Waals surface area contributed by atoms with Gasteiger partial charge in [-0.05, 0) is 55.8 Å². The molecule has 0 aromatic heterocycles. The van der Waals surface area contributed by atoms with Gasteiger partial charge >= 0.3 is 0 Å². The van der Waals surface area contributed by atoms with Crippen molar-refractivity contribution < 1.29 is 0 Å². The highest BCUT2D eigenvalue weighted by Gasteiger charge is 2.19. The molecular formula is C14H18ClNS. The molecule has 1 unspecified atom stereocenters. The van der Waals surface area contributed by atoms with E-state index in [1.807, 2.05) is 17.8 Å². The maximum Gasteiger partial charge on any atom is 0.0410 e. The monoisotopic (exact) mass is 267 g/mol. The van der Waals surface area contributed by atoms with E-state index in [-0.39, 0.29) is 0 Å². The molecule has 1 atom stereocenters. The Morgan fingerprint density at radius 1 is 1.53 bits per heavy atom. The highest BCUT2D eigenvalue weighted by molar-refractivity contribution is 7.99. The van der Waals surface area contributed by atoms with Crippen molar-refractivity contribution in [1.29, 1.82) is 0 Å². The van der Waals surface area contributed by atoms with Gasteiger partial charge in [-0.3, -0.25) is 0 Å². The Kier molecular flexibility index (Phi) is 4.96. The van der Waals surface area contributed by atoms with Crippen LogP contribution < -0.4 is 5.32 Å². The van der Waals surface area contributed by atoms with Crippen LogP contribution in [-0.4, -0.2) is 12.3 Å². The Morgan fingerprint density at radius 2 is 2.41 bits per heavy atom. The molecular weight excluding hydrogens is 250 g/mol. The van der Waals surface area contributed by atoms with Gasteiger partial charge in [-0.1, -0.05) is 23.8 Å². The smallest absolute Gasteiger partial charge is 0.0410 e. The third-order valence-electron chi connectivity index (χ3n) is 2.95. The lowest BCUT2D eigenvalue weighted by Crippen LogP contribution is -2.25. The molecule has 1 nitrogen and oxygen atoms in total. The van der Waals surface area contributed by atoms with Crippen LogP contribution >= 0.6 is 23.4 Å². The summed E-state index contributed by atoms with van der Waals surface area (Å²) in [5.41, 5.74) is 1.37. The summed E-state index contributed by atoms with van der Waals surface area (Å²) in [4.78, 5) is 1.38. The third kappa shape index (κ3) is 3.51. The van der Waals surface area contributed by atoms with Gasteiger partial charge in [0.15, 0.2) is 0 Å². The predicted octanol–water partition coefficient (Wildman–Crippen LogP) is 4.43. The van der Waals surface area contributed by atoms with Crippen LogP contribution in [0.15, 0.2) is 35.2 Å². The third-order valence-corrected chi connectivity index (χ3v) is 4.31. The lowest BCUT2D eigenvalue weighted by atomic mass is 10.0. The molecule has 1 N–H and O–H groups in total. The average molecular weight is 268 g/mol. The van der Waals surface area contributed by atoms with E-state index in [4.69, 9.17) is 11.6 Å². The van der Waals surface area contributed by atoms with Crippen molar-refractivity contribution in [3.05, 3.63) is 40.9 Å². The summed E-state index contributed by atoms with van der Waals surface area (Å²) in [7, 11) is 0. The topological polar surface area (TPSA) is 12.0 Å². The number of thioether (sulfide) groups is 1. The second-order valence-electron chi connectivity index (χ2n) is 4.18. The zero-order valence-electron chi connectivity index (χ0n) is 10.1. The van der Waals surface area contributed by atoms with E-state index in [0.29, 0.717) is 6.04 Å². The van der Waals surface area contributed by atoms with E-state index in [9.17, 15) is 0 Å². The second-order valence-corrected chi connectivity index (χ2v) is 5.76. The number of fused-ring (bicyclic) bond motifs is 1. The van der Waals surface area contributed by atoms with Crippen molar-refractivity contribution in [3.63, 3.8) is 0 Å². The van der Waals surface area contributed by atoms with Gasteiger partial charge in [-0.15, -0.1) is 11.8 Å². The zero-order chi connectivity index (χ0) is 12.1. The molecule has 0 fully saturated rings. The highest BCUT2D eigenvalue weighted by Crippen LogP contribution is 2.37. The first kappa shape index (κ1) is 13.0. The lowest BCUT2D eigenvalue weighted by Gasteiger charge is -2.26. The van der Waals surface area contributed by atoms with Crippen LogP contribution in [0, 0.1) is 0 Å². The summed E-state index contributed by atoms with van der Waals surface area (Å²) in [6.07, 6.45) is 6.58. The number of nitrogens with one attached hydrogen (secondary N) is 1. The molecule has 0 amide bonds. The minimum atomic E-state index is 0.468. The first-order valence-corrected chi connectivity index (χ1v) is 7.44. The quantitative estimate of drug-likeness (QED) is 0.640. The Morgan fingerprint density at radius 3 is 3.24 bits per heavy atom. The summed E-state index contributed by atoms with van der Waals surface area (Å²) in [5.74, 6) is 1.19. The standard InChI is InChI=1S/C14H18ClNS/c1-2-3-4-8-16-13-7-9-17-14-6-5-11(15)10-12(13)14/h2-3,5-6,10,13,16H,4,7-9H2,1H3/b3-2+. The van der Waals surface area contributed by atoms with Crippen molar-refractivity contribution >= 4 is 23.4 Å². The van der Waals surface area contributed by atoms with Crippen molar-refractivity contribution in [3.8, 4) is 0 Å². The van der Waals surface area contributed by atoms with Crippen LogP contribution in [0.1, 0.15) is 31.4 Å². The van der Waals surface area contributed by atoms with E-state index < -0.39 is 0 Å². The molecule has 0 aliphatic carbocycles. The zero-order valence-corrected chi connectivity index (χ0v) is 11.7.